The molecule has 0 rings (SSSR count). The van der Waals surface area contributed by atoms with Crippen molar-refractivity contribution in [1.82, 2.24) is 5.32 Å². The predicted octanol–water partition coefficient (Wildman–Crippen LogP) is 19.7. The van der Waals surface area contributed by atoms with Crippen LogP contribution < -0.4 is 5.32 Å². The van der Waals surface area contributed by atoms with E-state index >= 15 is 0 Å². The van der Waals surface area contributed by atoms with Crippen LogP contribution >= 0.6 is 0 Å². The van der Waals surface area contributed by atoms with Crippen LogP contribution in [-0.4, -0.2) is 47.4 Å². The molecule has 0 bridgehead atoms. The van der Waals surface area contributed by atoms with Gasteiger partial charge in [-0.1, -0.05) is 274 Å². The molecule has 0 radical (unpaired) electrons. The molecule has 2 atom stereocenters. The van der Waals surface area contributed by atoms with Crippen molar-refractivity contribution < 1.29 is 24.5 Å². The topological polar surface area (TPSA) is 95.9 Å². The first-order valence-electron chi connectivity index (χ1n) is 31.4. The van der Waals surface area contributed by atoms with Crippen molar-refractivity contribution in [1.29, 1.82) is 0 Å². The van der Waals surface area contributed by atoms with Crippen molar-refractivity contribution in [2.75, 3.05) is 13.2 Å². The predicted molar refractivity (Wildman–Crippen MR) is 310 cm³/mol. The van der Waals surface area contributed by atoms with Crippen molar-refractivity contribution in [3.63, 3.8) is 0 Å². The van der Waals surface area contributed by atoms with Gasteiger partial charge in [-0.05, 0) is 89.9 Å². The molecule has 0 fully saturated rings. The van der Waals surface area contributed by atoms with Gasteiger partial charge in [0.05, 0.1) is 25.4 Å². The van der Waals surface area contributed by atoms with Gasteiger partial charge in [-0.15, -0.1) is 0 Å². The van der Waals surface area contributed by atoms with Crippen LogP contribution in [0.5, 0.6) is 0 Å². The van der Waals surface area contributed by atoms with E-state index in [-0.39, 0.29) is 18.5 Å². The number of ether oxygens (including phenoxy) is 1. The number of nitrogens with one attached hydrogen (secondary N) is 1. The first-order valence-corrected chi connectivity index (χ1v) is 31.4. The van der Waals surface area contributed by atoms with Gasteiger partial charge in [-0.3, -0.25) is 9.59 Å². The van der Waals surface area contributed by atoms with Gasteiger partial charge in [0.1, 0.15) is 0 Å². The maximum atomic E-state index is 12.5. The average molecular weight is 997 g/mol. The fraction of sp³-hybridized carbons (Fsp3) is 0.846. The molecule has 416 valence electrons. The molecular formula is C65H121NO5. The van der Waals surface area contributed by atoms with Gasteiger partial charge in [0.25, 0.3) is 0 Å². The van der Waals surface area contributed by atoms with Crippen molar-refractivity contribution in [2.24, 2.45) is 0 Å². The summed E-state index contributed by atoms with van der Waals surface area (Å²) in [5, 5.41) is 23.1. The highest BCUT2D eigenvalue weighted by Crippen LogP contribution is 2.16. The molecule has 3 N–H and O–H groups in total. The van der Waals surface area contributed by atoms with Crippen LogP contribution in [0.1, 0.15) is 328 Å². The zero-order chi connectivity index (χ0) is 51.4. The van der Waals surface area contributed by atoms with E-state index in [9.17, 15) is 19.8 Å². The van der Waals surface area contributed by atoms with Crippen LogP contribution in [0.25, 0.3) is 0 Å². The van der Waals surface area contributed by atoms with Crippen molar-refractivity contribution in [2.45, 2.75) is 341 Å². The number of amides is 1. The van der Waals surface area contributed by atoms with Crippen molar-refractivity contribution >= 4 is 11.9 Å². The molecule has 0 spiro atoms. The first kappa shape index (κ1) is 68.8. The van der Waals surface area contributed by atoms with Gasteiger partial charge >= 0.3 is 5.97 Å². The summed E-state index contributed by atoms with van der Waals surface area (Å²) < 4.78 is 5.47. The first-order chi connectivity index (χ1) is 35.0. The molecule has 0 aromatic carbocycles. The number of unbranched alkanes of at least 4 members (excludes halogenated alkanes) is 41. The Hall–Kier alpha value is -2.18. The molecule has 6 heteroatoms. The molecule has 6 nitrogen and oxygen atoms in total. The molecule has 0 aromatic rings. The second-order valence-electron chi connectivity index (χ2n) is 21.4. The Morgan fingerprint density at radius 3 is 1.10 bits per heavy atom. The molecule has 71 heavy (non-hydrogen) atoms. The molecule has 0 saturated heterocycles. The second kappa shape index (κ2) is 60.4. The fourth-order valence-corrected chi connectivity index (χ4v) is 9.48. The third-order valence-corrected chi connectivity index (χ3v) is 14.3. The van der Waals surface area contributed by atoms with Gasteiger partial charge in [0.15, 0.2) is 0 Å². The second-order valence-corrected chi connectivity index (χ2v) is 21.4. The Kier molecular flexibility index (Phi) is 58.5. The lowest BCUT2D eigenvalue weighted by Gasteiger charge is -2.20. The number of esters is 1. The minimum absolute atomic E-state index is 0.000612. The normalized spacial score (nSPS) is 12.9. The van der Waals surface area contributed by atoms with Gasteiger partial charge < -0.3 is 20.3 Å². The lowest BCUT2D eigenvalue weighted by atomic mass is 10.0. The molecule has 0 aliphatic heterocycles. The Balaban J connectivity index is 3.44. The van der Waals surface area contributed by atoms with Gasteiger partial charge in [0, 0.05) is 12.8 Å². The fourth-order valence-electron chi connectivity index (χ4n) is 9.48. The summed E-state index contributed by atoms with van der Waals surface area (Å²) >= 11 is 0. The molecular weight excluding hydrogens is 875 g/mol. The third kappa shape index (κ3) is 57.0. The highest BCUT2D eigenvalue weighted by atomic mass is 16.5. The Morgan fingerprint density at radius 1 is 0.394 bits per heavy atom. The molecule has 0 heterocycles. The minimum atomic E-state index is -0.847. The van der Waals surface area contributed by atoms with Crippen LogP contribution in [0, 0.1) is 0 Å². The lowest BCUT2D eigenvalue weighted by molar-refractivity contribution is -0.143. The zero-order valence-corrected chi connectivity index (χ0v) is 47.5. The molecule has 0 aliphatic carbocycles. The number of hydrogen-bond acceptors (Lipinski definition) is 5. The van der Waals surface area contributed by atoms with Crippen molar-refractivity contribution in [3.05, 3.63) is 48.6 Å². The van der Waals surface area contributed by atoms with Crippen LogP contribution in [0.15, 0.2) is 48.6 Å². The van der Waals surface area contributed by atoms with Crippen molar-refractivity contribution in [3.8, 4) is 0 Å². The van der Waals surface area contributed by atoms with E-state index in [2.05, 4.69) is 55.6 Å². The van der Waals surface area contributed by atoms with Crippen LogP contribution in [0.3, 0.4) is 0 Å². The smallest absolute Gasteiger partial charge is 0.305 e. The number of rotatable bonds is 58. The highest BCUT2D eigenvalue weighted by molar-refractivity contribution is 5.76. The van der Waals surface area contributed by atoms with Gasteiger partial charge in [0.2, 0.25) is 5.91 Å². The van der Waals surface area contributed by atoms with E-state index in [4.69, 9.17) is 4.74 Å². The largest absolute Gasteiger partial charge is 0.466 e. The molecule has 2 unspecified atom stereocenters. The van der Waals surface area contributed by atoms with E-state index in [1.165, 1.54) is 250 Å². The zero-order valence-electron chi connectivity index (χ0n) is 47.5. The van der Waals surface area contributed by atoms with Gasteiger partial charge in [-0.25, -0.2) is 0 Å². The Bertz CT molecular complexity index is 1190. The van der Waals surface area contributed by atoms with E-state index in [0.717, 1.165) is 51.4 Å². The SMILES string of the molecule is CCCCCC/C=C\CCCCCCCC(=O)OCCCCCCCCCCC/C=C\C/C=C\CCCCCCCCCCCCCC(=O)NC(CO)C(O)/C=C/CCCCCCCCCCCCCC. The molecule has 0 aromatic heterocycles. The number of carbonyl (C=O) groups excluding carboxylic acids is 2. The maximum Gasteiger partial charge on any atom is 0.305 e. The summed E-state index contributed by atoms with van der Waals surface area (Å²) in [7, 11) is 0. The summed E-state index contributed by atoms with van der Waals surface area (Å²) in [4.78, 5) is 24.5. The number of aliphatic hydroxyl groups excluding tert-OH is 2. The standard InChI is InChI=1S/C65H121NO5/c1-3-5-7-9-11-13-15-17-34-37-41-45-49-53-57-63(68)62(61-67)66-64(69)58-54-50-46-42-38-35-31-29-27-25-23-21-19-18-20-22-24-26-28-30-32-36-40-44-48-52-56-60-71-65(70)59-55-51-47-43-39-33-16-14-12-10-8-6-4-2/h14,16,18-19,22,24,53,57,62-63,67-68H,3-13,15,17,20-21,23,25-52,54-56,58-61H2,1-2H3,(H,66,69)/b16-14-,19-18-,24-22-,57-53+. The number of hydrogen-bond donors (Lipinski definition) is 3. The van der Waals surface area contributed by atoms with E-state index in [0.29, 0.717) is 19.4 Å². The van der Waals surface area contributed by atoms with E-state index < -0.39 is 12.1 Å². The van der Waals surface area contributed by atoms with Crippen LogP contribution in [0.4, 0.5) is 0 Å². The van der Waals surface area contributed by atoms with E-state index in [1.807, 2.05) is 6.08 Å². The summed E-state index contributed by atoms with van der Waals surface area (Å²) in [6.07, 6.45) is 77.3. The molecule has 0 saturated carbocycles. The van der Waals surface area contributed by atoms with Crippen LogP contribution in [-0.2, 0) is 14.3 Å². The summed E-state index contributed by atoms with van der Waals surface area (Å²) in [6, 6.07) is -0.630. The number of carbonyl (C=O) groups is 2. The van der Waals surface area contributed by atoms with Gasteiger partial charge in [-0.2, -0.15) is 0 Å². The third-order valence-electron chi connectivity index (χ3n) is 14.3. The number of allylic oxidation sites excluding steroid dienone is 7. The monoisotopic (exact) mass is 996 g/mol. The molecule has 0 aliphatic rings. The Labute approximate surface area is 442 Å². The number of aliphatic hydroxyl groups is 2. The van der Waals surface area contributed by atoms with E-state index in [1.54, 1.807) is 6.08 Å². The summed E-state index contributed by atoms with van der Waals surface area (Å²) in [5.74, 6) is -0.0702. The summed E-state index contributed by atoms with van der Waals surface area (Å²) in [6.45, 7) is 4.89. The Morgan fingerprint density at radius 2 is 0.704 bits per heavy atom. The summed E-state index contributed by atoms with van der Waals surface area (Å²) in [5.41, 5.74) is 0. The highest BCUT2D eigenvalue weighted by Gasteiger charge is 2.18. The average Bonchev–Trinajstić information content (AvgIpc) is 3.37. The van der Waals surface area contributed by atoms with Crippen LogP contribution in [0.2, 0.25) is 0 Å². The maximum absolute atomic E-state index is 12.5. The molecule has 1 amide bonds. The quantitative estimate of drug-likeness (QED) is 0.0321. The lowest BCUT2D eigenvalue weighted by Crippen LogP contribution is -2.45. The minimum Gasteiger partial charge on any atom is -0.466 e.